The van der Waals surface area contributed by atoms with Crippen LogP contribution < -0.4 is 0 Å². The molecule has 2 aromatic carbocycles. The molecule has 9 heteroatoms. The molecule has 0 aliphatic heterocycles. The van der Waals surface area contributed by atoms with Crippen molar-refractivity contribution in [1.82, 2.24) is 19.7 Å². The molecule has 27 heavy (non-hydrogen) atoms. The van der Waals surface area contributed by atoms with Gasteiger partial charge in [0.25, 0.3) is 11.6 Å². The second kappa shape index (κ2) is 7.55. The van der Waals surface area contributed by atoms with E-state index in [2.05, 4.69) is 10.1 Å². The average Bonchev–Trinajstić information content (AvgIpc) is 3.21. The molecular formula is C18H16ClN5O3. The summed E-state index contributed by atoms with van der Waals surface area (Å²) in [7, 11) is 1.66. The van der Waals surface area contributed by atoms with Crippen molar-refractivity contribution in [3.8, 4) is 5.69 Å². The van der Waals surface area contributed by atoms with Gasteiger partial charge in [0.2, 0.25) is 0 Å². The van der Waals surface area contributed by atoms with Gasteiger partial charge in [-0.15, -0.1) is 0 Å². The Morgan fingerprint density at radius 1 is 1.26 bits per heavy atom. The SMILES string of the molecule is C[C@H](c1ccc(-n2cncn2)cc1)N(C)C(=O)c1ccc([N+](=O)[O-])cc1Cl. The summed E-state index contributed by atoms with van der Waals surface area (Å²) < 4.78 is 1.64. The number of nitrogens with zero attached hydrogens (tertiary/aromatic N) is 5. The molecule has 1 aromatic heterocycles. The van der Waals surface area contributed by atoms with Gasteiger partial charge in [0.05, 0.1) is 27.2 Å². The van der Waals surface area contributed by atoms with Crippen LogP contribution in [0.5, 0.6) is 0 Å². The fraction of sp³-hybridized carbons (Fsp3) is 0.167. The minimum absolute atomic E-state index is 0.0507. The van der Waals surface area contributed by atoms with Crippen molar-refractivity contribution in [2.24, 2.45) is 0 Å². The van der Waals surface area contributed by atoms with E-state index < -0.39 is 4.92 Å². The van der Waals surface area contributed by atoms with Gasteiger partial charge in [-0.1, -0.05) is 23.7 Å². The number of aromatic nitrogens is 3. The van der Waals surface area contributed by atoms with Crippen LogP contribution in [0.4, 0.5) is 5.69 Å². The molecular weight excluding hydrogens is 370 g/mol. The van der Waals surface area contributed by atoms with Crippen LogP contribution in [-0.4, -0.2) is 37.5 Å². The van der Waals surface area contributed by atoms with Crippen molar-refractivity contribution >= 4 is 23.2 Å². The highest BCUT2D eigenvalue weighted by Gasteiger charge is 2.22. The number of carbonyl (C=O) groups is 1. The Hall–Kier alpha value is -3.26. The van der Waals surface area contributed by atoms with Gasteiger partial charge in [-0.3, -0.25) is 14.9 Å². The van der Waals surface area contributed by atoms with E-state index in [1.54, 1.807) is 18.1 Å². The number of rotatable bonds is 5. The van der Waals surface area contributed by atoms with Crippen LogP contribution in [0.1, 0.15) is 28.9 Å². The fourth-order valence-corrected chi connectivity index (χ4v) is 2.88. The first-order valence-corrected chi connectivity index (χ1v) is 8.42. The molecule has 1 atom stereocenters. The summed E-state index contributed by atoms with van der Waals surface area (Å²) in [6.45, 7) is 1.89. The van der Waals surface area contributed by atoms with Crippen molar-refractivity contribution in [1.29, 1.82) is 0 Å². The normalized spacial score (nSPS) is 11.8. The highest BCUT2D eigenvalue weighted by atomic mass is 35.5. The Labute approximate surface area is 160 Å². The molecule has 8 nitrogen and oxygen atoms in total. The number of non-ortho nitro benzene ring substituents is 1. The Morgan fingerprint density at radius 2 is 1.96 bits per heavy atom. The van der Waals surface area contributed by atoms with Gasteiger partial charge in [-0.25, -0.2) is 9.67 Å². The van der Waals surface area contributed by atoms with Crippen molar-refractivity contribution in [3.05, 3.63) is 81.4 Å². The van der Waals surface area contributed by atoms with Crippen LogP contribution in [0.2, 0.25) is 5.02 Å². The van der Waals surface area contributed by atoms with Gasteiger partial charge in [0.15, 0.2) is 0 Å². The fourth-order valence-electron chi connectivity index (χ4n) is 2.63. The van der Waals surface area contributed by atoms with E-state index in [4.69, 9.17) is 11.6 Å². The zero-order valence-electron chi connectivity index (χ0n) is 14.6. The predicted octanol–water partition coefficient (Wildman–Crippen LogP) is 3.66. The van der Waals surface area contributed by atoms with Crippen molar-refractivity contribution in [2.45, 2.75) is 13.0 Å². The van der Waals surface area contributed by atoms with E-state index in [1.807, 2.05) is 31.2 Å². The Kier molecular flexibility index (Phi) is 5.18. The number of benzene rings is 2. The van der Waals surface area contributed by atoms with E-state index in [1.165, 1.54) is 29.4 Å². The van der Waals surface area contributed by atoms with E-state index in [0.29, 0.717) is 0 Å². The highest BCUT2D eigenvalue weighted by molar-refractivity contribution is 6.34. The van der Waals surface area contributed by atoms with Gasteiger partial charge in [0, 0.05) is 19.2 Å². The molecule has 0 unspecified atom stereocenters. The van der Waals surface area contributed by atoms with E-state index in [-0.39, 0.29) is 28.2 Å². The number of carbonyl (C=O) groups excluding carboxylic acids is 1. The summed E-state index contributed by atoms with van der Waals surface area (Å²) in [5.41, 5.74) is 1.84. The van der Waals surface area contributed by atoms with Crippen molar-refractivity contribution in [2.75, 3.05) is 7.05 Å². The average molecular weight is 386 g/mol. The van der Waals surface area contributed by atoms with Crippen LogP contribution in [0.25, 0.3) is 5.69 Å². The quantitative estimate of drug-likeness (QED) is 0.493. The summed E-state index contributed by atoms with van der Waals surface area (Å²) in [5.74, 6) is -0.317. The summed E-state index contributed by atoms with van der Waals surface area (Å²) in [6.07, 6.45) is 3.06. The van der Waals surface area contributed by atoms with Crippen LogP contribution in [-0.2, 0) is 0 Å². The molecule has 0 saturated heterocycles. The van der Waals surface area contributed by atoms with Gasteiger partial charge in [-0.05, 0) is 30.7 Å². The molecule has 0 aliphatic carbocycles. The predicted molar refractivity (Wildman–Crippen MR) is 100.0 cm³/mol. The number of nitro groups is 1. The monoisotopic (exact) mass is 385 g/mol. The molecule has 0 N–H and O–H groups in total. The van der Waals surface area contributed by atoms with Gasteiger partial charge in [-0.2, -0.15) is 5.10 Å². The maximum atomic E-state index is 12.8. The van der Waals surface area contributed by atoms with Crippen LogP contribution >= 0.6 is 11.6 Å². The third kappa shape index (κ3) is 3.80. The maximum Gasteiger partial charge on any atom is 0.270 e. The third-order valence-corrected chi connectivity index (χ3v) is 4.67. The molecule has 1 amide bonds. The number of hydrogen-bond acceptors (Lipinski definition) is 5. The Balaban J connectivity index is 1.79. The molecule has 1 heterocycles. The summed E-state index contributed by atoms with van der Waals surface area (Å²) >= 11 is 6.07. The van der Waals surface area contributed by atoms with E-state index in [9.17, 15) is 14.9 Å². The number of halogens is 1. The van der Waals surface area contributed by atoms with Gasteiger partial charge in [0.1, 0.15) is 12.7 Å². The molecule has 3 aromatic rings. The zero-order chi connectivity index (χ0) is 19.6. The molecule has 0 radical (unpaired) electrons. The first kappa shape index (κ1) is 18.5. The standard InChI is InChI=1S/C18H16ClN5O3/c1-12(13-3-5-14(6-4-13)23-11-20-10-21-23)22(2)18(25)16-8-7-15(24(26)27)9-17(16)19/h3-12H,1-2H3/t12-/m1/s1. The summed E-state index contributed by atoms with van der Waals surface area (Å²) in [4.78, 5) is 28.5. The maximum absolute atomic E-state index is 12.8. The van der Waals surface area contributed by atoms with Crippen molar-refractivity contribution in [3.63, 3.8) is 0 Å². The number of amides is 1. The largest absolute Gasteiger partial charge is 0.335 e. The van der Waals surface area contributed by atoms with Crippen molar-refractivity contribution < 1.29 is 9.72 Å². The number of nitro benzene ring substituents is 1. The highest BCUT2D eigenvalue weighted by Crippen LogP contribution is 2.27. The van der Waals surface area contributed by atoms with Gasteiger partial charge < -0.3 is 4.90 Å². The lowest BCUT2D eigenvalue weighted by Gasteiger charge is -2.26. The number of hydrogen-bond donors (Lipinski definition) is 0. The van der Waals surface area contributed by atoms with Crippen LogP contribution in [0.3, 0.4) is 0 Å². The smallest absolute Gasteiger partial charge is 0.270 e. The minimum Gasteiger partial charge on any atom is -0.335 e. The van der Waals surface area contributed by atoms with E-state index >= 15 is 0 Å². The van der Waals surface area contributed by atoms with Crippen LogP contribution in [0, 0.1) is 10.1 Å². The first-order valence-electron chi connectivity index (χ1n) is 8.04. The summed E-state index contributed by atoms with van der Waals surface area (Å²) in [5, 5.41) is 14.9. The lowest BCUT2D eigenvalue weighted by molar-refractivity contribution is -0.384. The topological polar surface area (TPSA) is 94.2 Å². The molecule has 138 valence electrons. The van der Waals surface area contributed by atoms with Crippen LogP contribution in [0.15, 0.2) is 55.1 Å². The van der Waals surface area contributed by atoms with E-state index in [0.717, 1.165) is 11.3 Å². The molecule has 0 aliphatic rings. The minimum atomic E-state index is -0.552. The zero-order valence-corrected chi connectivity index (χ0v) is 15.4. The molecule has 3 rings (SSSR count). The molecule has 0 fully saturated rings. The lowest BCUT2D eigenvalue weighted by atomic mass is 10.1. The molecule has 0 bridgehead atoms. The Morgan fingerprint density at radius 3 is 2.52 bits per heavy atom. The molecule has 0 saturated carbocycles. The Bertz CT molecular complexity index is 973. The molecule has 0 spiro atoms. The van der Waals surface area contributed by atoms with Gasteiger partial charge >= 0.3 is 0 Å². The first-order chi connectivity index (χ1) is 12.9. The third-order valence-electron chi connectivity index (χ3n) is 4.35. The second-order valence-electron chi connectivity index (χ2n) is 5.94. The summed E-state index contributed by atoms with van der Waals surface area (Å²) in [6, 6.07) is 11.2. The lowest BCUT2D eigenvalue weighted by Crippen LogP contribution is -2.29. The second-order valence-corrected chi connectivity index (χ2v) is 6.35.